The van der Waals surface area contributed by atoms with Gasteiger partial charge in [-0.2, -0.15) is 0 Å². The fourth-order valence-electron chi connectivity index (χ4n) is 3.65. The van der Waals surface area contributed by atoms with Gasteiger partial charge in [0.1, 0.15) is 6.54 Å². The Morgan fingerprint density at radius 2 is 1.66 bits per heavy atom. The highest BCUT2D eigenvalue weighted by Gasteiger charge is 2.23. The number of carbonyl (C=O) groups excluding carboxylic acids is 2. The third-order valence-electron chi connectivity index (χ3n) is 5.52. The molecule has 1 aromatic carbocycles. The Hall–Kier alpha value is -2.88. The summed E-state index contributed by atoms with van der Waals surface area (Å²) >= 11 is 3.00. The molecule has 0 saturated heterocycles. The van der Waals surface area contributed by atoms with Crippen molar-refractivity contribution in [3.8, 4) is 11.5 Å². The van der Waals surface area contributed by atoms with E-state index in [2.05, 4.69) is 0 Å². The van der Waals surface area contributed by atoms with Crippen molar-refractivity contribution in [1.82, 2.24) is 9.80 Å². The van der Waals surface area contributed by atoms with E-state index in [0.29, 0.717) is 55.5 Å². The topological polar surface area (TPSA) is 68.3 Å². The predicted molar refractivity (Wildman–Crippen MR) is 140 cm³/mol. The third-order valence-corrected chi connectivity index (χ3v) is 7.24. The van der Waals surface area contributed by atoms with Crippen molar-refractivity contribution < 1.29 is 23.8 Å². The van der Waals surface area contributed by atoms with Crippen LogP contribution in [-0.4, -0.2) is 69.2 Å². The second kappa shape index (κ2) is 13.9. The number of carbonyl (C=O) groups is 2. The van der Waals surface area contributed by atoms with Gasteiger partial charge in [-0.3, -0.25) is 9.59 Å². The van der Waals surface area contributed by atoms with Crippen LogP contribution in [0.25, 0.3) is 0 Å². The van der Waals surface area contributed by atoms with E-state index in [0.717, 1.165) is 10.4 Å². The summed E-state index contributed by atoms with van der Waals surface area (Å²) in [5, 5.41) is 3.87. The standard InChI is InChI=1S/C26H32N2O5S2/c1-31-14-6-12-28(26(30)24-8-5-16-35-24)19-25(29)27(18-21-7-4-15-34-21)13-11-20-9-10-22(32-2)23(17-20)33-3/h4-5,7-10,15-17H,6,11-14,18-19H2,1-3H3. The lowest BCUT2D eigenvalue weighted by atomic mass is 10.1. The predicted octanol–water partition coefficient (Wildman–Crippen LogP) is 4.58. The Labute approximate surface area is 214 Å². The van der Waals surface area contributed by atoms with Crippen molar-refractivity contribution in [2.75, 3.05) is 47.6 Å². The summed E-state index contributed by atoms with van der Waals surface area (Å²) in [6, 6.07) is 13.4. The number of hydrogen-bond acceptors (Lipinski definition) is 7. The van der Waals surface area contributed by atoms with Crippen molar-refractivity contribution >= 4 is 34.5 Å². The average Bonchev–Trinajstić information content (AvgIpc) is 3.60. The maximum atomic E-state index is 13.5. The molecule has 3 aromatic rings. The summed E-state index contributed by atoms with van der Waals surface area (Å²) in [4.78, 5) is 31.8. The van der Waals surface area contributed by atoms with Gasteiger partial charge in [0.25, 0.3) is 5.91 Å². The summed E-state index contributed by atoms with van der Waals surface area (Å²) in [6.45, 7) is 2.03. The van der Waals surface area contributed by atoms with Crippen molar-refractivity contribution in [2.45, 2.75) is 19.4 Å². The summed E-state index contributed by atoms with van der Waals surface area (Å²) in [5.74, 6) is 1.12. The van der Waals surface area contributed by atoms with E-state index in [1.54, 1.807) is 43.6 Å². The van der Waals surface area contributed by atoms with Crippen LogP contribution in [0.4, 0.5) is 0 Å². The van der Waals surface area contributed by atoms with E-state index in [1.165, 1.54) is 11.3 Å². The lowest BCUT2D eigenvalue weighted by Crippen LogP contribution is -2.43. The van der Waals surface area contributed by atoms with E-state index in [1.807, 2.05) is 52.1 Å². The Balaban J connectivity index is 1.74. The maximum Gasteiger partial charge on any atom is 0.264 e. The number of rotatable bonds is 14. The molecule has 0 N–H and O–H groups in total. The number of benzene rings is 1. The molecule has 7 nitrogen and oxygen atoms in total. The van der Waals surface area contributed by atoms with Crippen LogP contribution in [0.1, 0.15) is 26.5 Å². The first-order valence-corrected chi connectivity index (χ1v) is 13.1. The molecule has 0 aliphatic carbocycles. The molecule has 3 rings (SSSR count). The molecular formula is C26H32N2O5S2. The number of amides is 2. The highest BCUT2D eigenvalue weighted by Crippen LogP contribution is 2.28. The van der Waals surface area contributed by atoms with Gasteiger partial charge >= 0.3 is 0 Å². The second-order valence-electron chi connectivity index (χ2n) is 7.88. The summed E-state index contributed by atoms with van der Waals surface area (Å²) in [6.07, 6.45) is 1.32. The first-order chi connectivity index (χ1) is 17.0. The zero-order valence-corrected chi connectivity index (χ0v) is 22.0. The van der Waals surface area contributed by atoms with Gasteiger partial charge < -0.3 is 24.0 Å². The first-order valence-electron chi connectivity index (χ1n) is 11.4. The minimum Gasteiger partial charge on any atom is -0.493 e. The Morgan fingerprint density at radius 3 is 2.31 bits per heavy atom. The van der Waals surface area contributed by atoms with Crippen molar-refractivity contribution in [3.63, 3.8) is 0 Å². The van der Waals surface area contributed by atoms with Crippen LogP contribution in [-0.2, 0) is 22.5 Å². The molecule has 2 aromatic heterocycles. The molecule has 9 heteroatoms. The van der Waals surface area contributed by atoms with Gasteiger partial charge in [0.05, 0.1) is 25.6 Å². The Morgan fingerprint density at radius 1 is 0.886 bits per heavy atom. The van der Waals surface area contributed by atoms with Crippen molar-refractivity contribution in [1.29, 1.82) is 0 Å². The molecule has 0 saturated carbocycles. The van der Waals surface area contributed by atoms with E-state index < -0.39 is 0 Å². The normalized spacial score (nSPS) is 10.7. The zero-order valence-electron chi connectivity index (χ0n) is 20.4. The van der Waals surface area contributed by atoms with E-state index in [9.17, 15) is 9.59 Å². The van der Waals surface area contributed by atoms with Gasteiger partial charge in [-0.15, -0.1) is 22.7 Å². The summed E-state index contributed by atoms with van der Waals surface area (Å²) in [5.41, 5.74) is 1.04. The van der Waals surface area contributed by atoms with Gasteiger partial charge in [0, 0.05) is 31.7 Å². The third kappa shape index (κ3) is 7.81. The molecule has 0 atom stereocenters. The monoisotopic (exact) mass is 516 g/mol. The molecule has 0 radical (unpaired) electrons. The maximum absolute atomic E-state index is 13.5. The van der Waals surface area contributed by atoms with Crippen LogP contribution in [0.3, 0.4) is 0 Å². The minimum absolute atomic E-state index is 0.0256. The average molecular weight is 517 g/mol. The molecular weight excluding hydrogens is 484 g/mol. The van der Waals surface area contributed by atoms with Gasteiger partial charge in [0.2, 0.25) is 5.91 Å². The van der Waals surface area contributed by atoms with E-state index in [4.69, 9.17) is 14.2 Å². The van der Waals surface area contributed by atoms with Crippen LogP contribution in [0, 0.1) is 0 Å². The molecule has 0 aliphatic heterocycles. The number of methoxy groups -OCH3 is 3. The number of thiophene rings is 2. The van der Waals surface area contributed by atoms with Gasteiger partial charge in [-0.1, -0.05) is 18.2 Å². The number of nitrogens with zero attached hydrogens (tertiary/aromatic N) is 2. The van der Waals surface area contributed by atoms with Gasteiger partial charge in [-0.25, -0.2) is 0 Å². The quantitative estimate of drug-likeness (QED) is 0.294. The molecule has 0 aliphatic rings. The van der Waals surface area contributed by atoms with Gasteiger partial charge in [0.15, 0.2) is 11.5 Å². The highest BCUT2D eigenvalue weighted by molar-refractivity contribution is 7.12. The van der Waals surface area contributed by atoms with Crippen LogP contribution in [0.5, 0.6) is 11.5 Å². The fourth-order valence-corrected chi connectivity index (χ4v) is 5.06. The number of hydrogen-bond donors (Lipinski definition) is 0. The van der Waals surface area contributed by atoms with Gasteiger partial charge in [-0.05, 0) is 53.4 Å². The van der Waals surface area contributed by atoms with E-state index in [-0.39, 0.29) is 18.4 Å². The van der Waals surface area contributed by atoms with Crippen LogP contribution in [0.2, 0.25) is 0 Å². The van der Waals surface area contributed by atoms with Crippen molar-refractivity contribution in [2.24, 2.45) is 0 Å². The smallest absolute Gasteiger partial charge is 0.264 e. The van der Waals surface area contributed by atoms with E-state index >= 15 is 0 Å². The first kappa shape index (κ1) is 26.7. The Kier molecular flexibility index (Phi) is 10.6. The lowest BCUT2D eigenvalue weighted by molar-refractivity contribution is -0.132. The second-order valence-corrected chi connectivity index (χ2v) is 9.86. The molecule has 0 fully saturated rings. The zero-order chi connectivity index (χ0) is 25.0. The highest BCUT2D eigenvalue weighted by atomic mass is 32.1. The molecule has 0 unspecified atom stereocenters. The summed E-state index contributed by atoms with van der Waals surface area (Å²) in [7, 11) is 4.85. The Bertz CT molecular complexity index is 1050. The van der Waals surface area contributed by atoms with Crippen LogP contribution < -0.4 is 9.47 Å². The molecule has 188 valence electrons. The molecule has 2 heterocycles. The minimum atomic E-state index is -0.125. The molecule has 0 spiro atoms. The summed E-state index contributed by atoms with van der Waals surface area (Å²) < 4.78 is 15.9. The van der Waals surface area contributed by atoms with Crippen LogP contribution >= 0.6 is 22.7 Å². The SMILES string of the molecule is COCCCN(CC(=O)N(CCc1ccc(OC)c(OC)c1)Cc1cccs1)C(=O)c1cccs1. The molecule has 35 heavy (non-hydrogen) atoms. The fraction of sp³-hybridized carbons (Fsp3) is 0.385. The largest absolute Gasteiger partial charge is 0.493 e. The van der Waals surface area contributed by atoms with Crippen LogP contribution in [0.15, 0.2) is 53.2 Å². The lowest BCUT2D eigenvalue weighted by Gasteiger charge is -2.27. The molecule has 0 bridgehead atoms. The number of ether oxygens (including phenoxy) is 3. The molecule has 2 amide bonds. The van der Waals surface area contributed by atoms with Crippen molar-refractivity contribution in [3.05, 3.63) is 68.5 Å².